The van der Waals surface area contributed by atoms with E-state index in [1.165, 1.54) is 0 Å². The van der Waals surface area contributed by atoms with E-state index >= 15 is 0 Å². The molecule has 0 saturated heterocycles. The third-order valence-corrected chi connectivity index (χ3v) is 2.75. The Kier molecular flexibility index (Phi) is 3.19. The Hall–Kier alpha value is -1.42. The summed E-state index contributed by atoms with van der Waals surface area (Å²) >= 11 is 5.99. The second kappa shape index (κ2) is 4.61. The number of halogens is 1. The molecule has 0 spiro atoms. The highest BCUT2D eigenvalue weighted by Gasteiger charge is 2.21. The molecule has 1 atom stereocenters. The van der Waals surface area contributed by atoms with Gasteiger partial charge in [0.1, 0.15) is 6.10 Å². The third kappa shape index (κ3) is 2.39. The van der Waals surface area contributed by atoms with Gasteiger partial charge in [-0.25, -0.2) is 0 Å². The Morgan fingerprint density at radius 2 is 2.44 bits per heavy atom. The van der Waals surface area contributed by atoms with Crippen molar-refractivity contribution in [2.75, 3.05) is 11.9 Å². The number of hydrogen-bond acceptors (Lipinski definition) is 3. The van der Waals surface area contributed by atoms with Gasteiger partial charge in [-0.2, -0.15) is 0 Å². The van der Waals surface area contributed by atoms with E-state index in [1.807, 2.05) is 12.1 Å². The molecule has 1 aliphatic rings. The lowest BCUT2D eigenvalue weighted by Gasteiger charge is -2.27. The van der Waals surface area contributed by atoms with Crippen molar-refractivity contribution in [2.45, 2.75) is 18.9 Å². The molecule has 0 fully saturated rings. The van der Waals surface area contributed by atoms with Crippen molar-refractivity contribution in [1.29, 1.82) is 0 Å². The van der Waals surface area contributed by atoms with Gasteiger partial charge >= 0.3 is 5.97 Å². The van der Waals surface area contributed by atoms with Gasteiger partial charge in [-0.3, -0.25) is 4.79 Å². The minimum atomic E-state index is -0.812. The van der Waals surface area contributed by atoms with E-state index in [9.17, 15) is 4.79 Å². The van der Waals surface area contributed by atoms with Crippen molar-refractivity contribution in [3.8, 4) is 5.75 Å². The average Bonchev–Trinajstić information content (AvgIpc) is 2.27. The van der Waals surface area contributed by atoms with E-state index < -0.39 is 5.97 Å². The summed E-state index contributed by atoms with van der Waals surface area (Å²) in [6.45, 7) is 0.612. The van der Waals surface area contributed by atoms with Crippen LogP contribution in [0.2, 0.25) is 5.02 Å². The van der Waals surface area contributed by atoms with E-state index in [4.69, 9.17) is 21.4 Å². The van der Waals surface area contributed by atoms with Gasteiger partial charge in [0.05, 0.1) is 17.3 Å². The highest BCUT2D eigenvalue weighted by atomic mass is 35.5. The number of hydrogen-bond donors (Lipinski definition) is 2. The van der Waals surface area contributed by atoms with Gasteiger partial charge in [0, 0.05) is 6.42 Å². The Balaban J connectivity index is 2.05. The zero-order chi connectivity index (χ0) is 11.5. The topological polar surface area (TPSA) is 58.6 Å². The minimum Gasteiger partial charge on any atom is -0.485 e. The summed E-state index contributed by atoms with van der Waals surface area (Å²) in [5.41, 5.74) is 0.860. The first-order valence-electron chi connectivity index (χ1n) is 5.07. The average molecular weight is 242 g/mol. The highest BCUT2D eigenvalue weighted by Crippen LogP contribution is 2.36. The number of carboxylic acids is 1. The normalized spacial score (nSPS) is 18.2. The Labute approximate surface area is 98.2 Å². The number of anilines is 1. The zero-order valence-electron chi connectivity index (χ0n) is 8.57. The lowest BCUT2D eigenvalue weighted by Crippen LogP contribution is -2.31. The van der Waals surface area contributed by atoms with Crippen LogP contribution in [0, 0.1) is 0 Å². The molecular weight excluding hydrogens is 230 g/mol. The fourth-order valence-corrected chi connectivity index (χ4v) is 1.86. The summed E-state index contributed by atoms with van der Waals surface area (Å²) in [6.07, 6.45) is 0.447. The van der Waals surface area contributed by atoms with Crippen LogP contribution in [-0.2, 0) is 4.79 Å². The Morgan fingerprint density at radius 3 is 3.19 bits per heavy atom. The smallest absolute Gasteiger partial charge is 0.303 e. The number of nitrogens with one attached hydrogen (secondary N) is 1. The maximum absolute atomic E-state index is 10.5. The lowest BCUT2D eigenvalue weighted by molar-refractivity contribution is -0.137. The molecule has 2 rings (SSSR count). The first-order valence-corrected chi connectivity index (χ1v) is 5.45. The van der Waals surface area contributed by atoms with E-state index in [2.05, 4.69) is 5.32 Å². The van der Waals surface area contributed by atoms with Crippen LogP contribution in [-0.4, -0.2) is 23.7 Å². The summed E-state index contributed by atoms with van der Waals surface area (Å²) in [5, 5.41) is 12.3. The molecule has 0 aliphatic carbocycles. The van der Waals surface area contributed by atoms with Crippen molar-refractivity contribution >= 4 is 23.3 Å². The number of carboxylic acid groups (broad SMARTS) is 1. The van der Waals surface area contributed by atoms with E-state index in [1.54, 1.807) is 6.07 Å². The number of ether oxygens (including phenoxy) is 1. The predicted molar refractivity (Wildman–Crippen MR) is 61.2 cm³/mol. The molecule has 0 aromatic heterocycles. The highest BCUT2D eigenvalue weighted by molar-refractivity contribution is 6.32. The molecule has 0 saturated carbocycles. The van der Waals surface area contributed by atoms with Crippen LogP contribution in [0.3, 0.4) is 0 Å². The van der Waals surface area contributed by atoms with Crippen molar-refractivity contribution in [2.24, 2.45) is 0 Å². The molecule has 1 unspecified atom stereocenters. The summed E-state index contributed by atoms with van der Waals surface area (Å²) in [6, 6.07) is 5.48. The van der Waals surface area contributed by atoms with E-state index in [0.717, 1.165) is 5.69 Å². The summed E-state index contributed by atoms with van der Waals surface area (Å²) in [4.78, 5) is 10.5. The van der Waals surface area contributed by atoms with Crippen LogP contribution < -0.4 is 10.1 Å². The van der Waals surface area contributed by atoms with Crippen LogP contribution in [0.25, 0.3) is 0 Å². The van der Waals surface area contributed by atoms with Crippen LogP contribution in [0.4, 0.5) is 5.69 Å². The fraction of sp³-hybridized carbons (Fsp3) is 0.364. The number of aliphatic carboxylic acids is 1. The van der Waals surface area contributed by atoms with Gasteiger partial charge in [0.25, 0.3) is 0 Å². The van der Waals surface area contributed by atoms with E-state index in [0.29, 0.717) is 23.7 Å². The molecule has 86 valence electrons. The lowest BCUT2D eigenvalue weighted by atomic mass is 10.1. The molecule has 1 aromatic carbocycles. The summed E-state index contributed by atoms with van der Waals surface area (Å²) in [7, 11) is 0. The van der Waals surface area contributed by atoms with Gasteiger partial charge in [0.2, 0.25) is 0 Å². The minimum absolute atomic E-state index is 0.103. The second-order valence-corrected chi connectivity index (χ2v) is 4.08. The monoisotopic (exact) mass is 241 g/mol. The maximum Gasteiger partial charge on any atom is 0.303 e. The van der Waals surface area contributed by atoms with Crippen molar-refractivity contribution < 1.29 is 14.6 Å². The van der Waals surface area contributed by atoms with E-state index in [-0.39, 0.29) is 12.5 Å². The van der Waals surface area contributed by atoms with Crippen molar-refractivity contribution in [1.82, 2.24) is 0 Å². The standard InChI is InChI=1S/C11H12ClNO3/c12-8-2-1-3-9-11(8)16-7(6-13-9)4-5-10(14)15/h1-3,7,13H,4-6H2,(H,14,15). The molecule has 16 heavy (non-hydrogen) atoms. The van der Waals surface area contributed by atoms with Crippen LogP contribution in [0.5, 0.6) is 5.75 Å². The second-order valence-electron chi connectivity index (χ2n) is 3.67. The first kappa shape index (κ1) is 11.1. The van der Waals surface area contributed by atoms with Crippen LogP contribution in [0.15, 0.2) is 18.2 Å². The van der Waals surface area contributed by atoms with Gasteiger partial charge in [-0.15, -0.1) is 0 Å². The SMILES string of the molecule is O=C(O)CCC1CNc2cccc(Cl)c2O1. The molecule has 5 heteroatoms. The van der Waals surface area contributed by atoms with Gasteiger partial charge in [-0.05, 0) is 18.6 Å². The Bertz CT molecular complexity index is 408. The van der Waals surface area contributed by atoms with Gasteiger partial charge in [0.15, 0.2) is 5.75 Å². The molecule has 2 N–H and O–H groups in total. The fourth-order valence-electron chi connectivity index (χ4n) is 1.65. The molecule has 0 bridgehead atoms. The molecular formula is C11H12ClNO3. The molecule has 1 heterocycles. The van der Waals surface area contributed by atoms with Gasteiger partial charge < -0.3 is 15.2 Å². The number of para-hydroxylation sites is 1. The number of benzene rings is 1. The number of fused-ring (bicyclic) bond motifs is 1. The van der Waals surface area contributed by atoms with Gasteiger partial charge in [-0.1, -0.05) is 17.7 Å². The predicted octanol–water partition coefficient (Wildman–Crippen LogP) is 2.38. The molecule has 4 nitrogen and oxygen atoms in total. The Morgan fingerprint density at radius 1 is 1.62 bits per heavy atom. The van der Waals surface area contributed by atoms with Crippen molar-refractivity contribution in [3.63, 3.8) is 0 Å². The summed E-state index contributed by atoms with van der Waals surface area (Å²) < 4.78 is 5.66. The quantitative estimate of drug-likeness (QED) is 0.853. The molecule has 0 amide bonds. The summed E-state index contributed by atoms with van der Waals surface area (Å²) in [5.74, 6) is -0.195. The zero-order valence-corrected chi connectivity index (χ0v) is 9.33. The van der Waals surface area contributed by atoms with Crippen molar-refractivity contribution in [3.05, 3.63) is 23.2 Å². The number of rotatable bonds is 3. The van der Waals surface area contributed by atoms with Crippen LogP contribution in [0.1, 0.15) is 12.8 Å². The largest absolute Gasteiger partial charge is 0.485 e. The molecule has 0 radical (unpaired) electrons. The molecule has 1 aliphatic heterocycles. The third-order valence-electron chi connectivity index (χ3n) is 2.45. The van der Waals surface area contributed by atoms with Crippen LogP contribution >= 0.6 is 11.6 Å². The number of carbonyl (C=O) groups is 1. The maximum atomic E-state index is 10.5. The first-order chi connectivity index (χ1) is 7.66. The molecule has 1 aromatic rings.